The van der Waals surface area contributed by atoms with Crippen molar-refractivity contribution < 1.29 is 4.52 Å². The maximum absolute atomic E-state index is 5.08. The van der Waals surface area contributed by atoms with Crippen molar-refractivity contribution in [3.63, 3.8) is 0 Å². The average Bonchev–Trinajstić information content (AvgIpc) is 2.53. The maximum Gasteiger partial charge on any atom is 0.168 e. The molecule has 0 N–H and O–H groups in total. The highest BCUT2D eigenvalue weighted by molar-refractivity contribution is 9.10. The summed E-state index contributed by atoms with van der Waals surface area (Å²) in [4.78, 5) is 0. The third-order valence-corrected chi connectivity index (χ3v) is 2.51. The molecule has 0 spiro atoms. The lowest BCUT2D eigenvalue weighted by Gasteiger charge is -1.93. The molecule has 1 aromatic carbocycles. The van der Waals surface area contributed by atoms with Gasteiger partial charge in [0.2, 0.25) is 0 Å². The first-order valence-corrected chi connectivity index (χ1v) is 5.22. The molecule has 0 aliphatic rings. The lowest BCUT2D eigenvalue weighted by molar-refractivity contribution is 0.428. The van der Waals surface area contributed by atoms with Crippen LogP contribution in [-0.2, 0) is 0 Å². The van der Waals surface area contributed by atoms with E-state index in [0.29, 0.717) is 4.60 Å². The third kappa shape index (κ3) is 2.00. The molecule has 2 nitrogen and oxygen atoms in total. The van der Waals surface area contributed by atoms with E-state index in [0.717, 1.165) is 15.8 Å². The minimum Gasteiger partial charge on any atom is -0.355 e. The second-order valence-corrected chi connectivity index (χ2v) is 4.25. The second kappa shape index (κ2) is 3.64. The van der Waals surface area contributed by atoms with Gasteiger partial charge < -0.3 is 4.52 Å². The molecule has 2 aromatic rings. The molecule has 0 bridgehead atoms. The van der Waals surface area contributed by atoms with Gasteiger partial charge in [-0.1, -0.05) is 33.2 Å². The summed E-state index contributed by atoms with van der Waals surface area (Å²) in [7, 11) is 0. The van der Waals surface area contributed by atoms with E-state index < -0.39 is 0 Å². The fraction of sp³-hybridized carbons (Fsp3) is 0. The number of aromatic nitrogens is 1. The van der Waals surface area contributed by atoms with Crippen molar-refractivity contribution in [3.05, 3.63) is 39.4 Å². The van der Waals surface area contributed by atoms with Gasteiger partial charge in [0.15, 0.2) is 5.76 Å². The Labute approximate surface area is 92.2 Å². The molecular weight excluding hydrogens is 298 g/mol. The SMILES string of the molecule is Brc1ccc(-c2cc(Br)no2)cc1. The summed E-state index contributed by atoms with van der Waals surface area (Å²) in [5.41, 5.74) is 1.02. The normalized spacial score (nSPS) is 10.3. The van der Waals surface area contributed by atoms with Crippen LogP contribution in [0, 0.1) is 0 Å². The standard InChI is InChI=1S/C9H5Br2NO/c10-7-3-1-6(2-4-7)8-5-9(11)12-13-8/h1-5H. The van der Waals surface area contributed by atoms with Crippen molar-refractivity contribution in [2.45, 2.75) is 0 Å². The molecule has 13 heavy (non-hydrogen) atoms. The van der Waals surface area contributed by atoms with Gasteiger partial charge in [0, 0.05) is 16.1 Å². The topological polar surface area (TPSA) is 26.0 Å². The van der Waals surface area contributed by atoms with Gasteiger partial charge in [0.25, 0.3) is 0 Å². The summed E-state index contributed by atoms with van der Waals surface area (Å²) in [6.07, 6.45) is 0. The molecule has 0 radical (unpaired) electrons. The zero-order valence-electron chi connectivity index (χ0n) is 6.50. The van der Waals surface area contributed by atoms with Crippen LogP contribution in [0.15, 0.2) is 43.9 Å². The van der Waals surface area contributed by atoms with E-state index in [9.17, 15) is 0 Å². The molecule has 4 heteroatoms. The summed E-state index contributed by atoms with van der Waals surface area (Å²) >= 11 is 6.60. The minimum absolute atomic E-state index is 0.713. The van der Waals surface area contributed by atoms with Crippen LogP contribution in [0.2, 0.25) is 0 Å². The summed E-state index contributed by atoms with van der Waals surface area (Å²) in [5, 5.41) is 3.75. The van der Waals surface area contributed by atoms with Gasteiger partial charge in [-0.3, -0.25) is 0 Å². The quantitative estimate of drug-likeness (QED) is 0.799. The highest BCUT2D eigenvalue weighted by atomic mass is 79.9. The van der Waals surface area contributed by atoms with Crippen LogP contribution in [0.5, 0.6) is 0 Å². The number of halogens is 2. The van der Waals surface area contributed by atoms with Crippen molar-refractivity contribution in [3.8, 4) is 11.3 Å². The fourth-order valence-corrected chi connectivity index (χ4v) is 1.55. The van der Waals surface area contributed by atoms with Crippen molar-refractivity contribution in [1.29, 1.82) is 0 Å². The van der Waals surface area contributed by atoms with Gasteiger partial charge >= 0.3 is 0 Å². The van der Waals surface area contributed by atoms with Crippen molar-refractivity contribution in [2.24, 2.45) is 0 Å². The first kappa shape index (κ1) is 8.97. The Morgan fingerprint density at radius 3 is 2.31 bits per heavy atom. The van der Waals surface area contributed by atoms with Gasteiger partial charge in [-0.2, -0.15) is 0 Å². The molecule has 0 aliphatic heterocycles. The lowest BCUT2D eigenvalue weighted by atomic mass is 10.2. The molecule has 66 valence electrons. The Balaban J connectivity index is 2.41. The van der Waals surface area contributed by atoms with Gasteiger partial charge in [0.05, 0.1) is 0 Å². The Bertz CT molecular complexity index is 408. The van der Waals surface area contributed by atoms with Crippen LogP contribution in [-0.4, -0.2) is 5.16 Å². The van der Waals surface area contributed by atoms with Crippen LogP contribution in [0.25, 0.3) is 11.3 Å². The van der Waals surface area contributed by atoms with Gasteiger partial charge in [-0.25, -0.2) is 0 Å². The first-order valence-electron chi connectivity index (χ1n) is 3.64. The van der Waals surface area contributed by atoms with Crippen LogP contribution in [0.3, 0.4) is 0 Å². The van der Waals surface area contributed by atoms with E-state index in [-0.39, 0.29) is 0 Å². The Kier molecular flexibility index (Phi) is 2.51. The maximum atomic E-state index is 5.08. The molecule has 0 fully saturated rings. The number of rotatable bonds is 1. The molecule has 0 unspecified atom stereocenters. The Hall–Kier alpha value is -0.610. The summed E-state index contributed by atoms with van der Waals surface area (Å²) < 4.78 is 6.84. The van der Waals surface area contributed by atoms with Gasteiger partial charge in [-0.15, -0.1) is 0 Å². The predicted molar refractivity (Wildman–Crippen MR) is 57.3 cm³/mol. The molecule has 2 rings (SSSR count). The number of hydrogen-bond acceptors (Lipinski definition) is 2. The van der Waals surface area contributed by atoms with Crippen LogP contribution in [0.1, 0.15) is 0 Å². The van der Waals surface area contributed by atoms with Crippen LogP contribution >= 0.6 is 31.9 Å². The fourth-order valence-electron chi connectivity index (χ4n) is 1.00. The molecule has 0 aliphatic carbocycles. The van der Waals surface area contributed by atoms with E-state index in [4.69, 9.17) is 4.52 Å². The summed E-state index contributed by atoms with van der Waals surface area (Å²) in [6.45, 7) is 0. The average molecular weight is 303 g/mol. The molecule has 0 saturated heterocycles. The van der Waals surface area contributed by atoms with Gasteiger partial charge in [0.1, 0.15) is 4.60 Å². The highest BCUT2D eigenvalue weighted by Crippen LogP contribution is 2.23. The summed E-state index contributed by atoms with van der Waals surface area (Å²) in [5.74, 6) is 0.763. The van der Waals surface area contributed by atoms with Crippen molar-refractivity contribution in [2.75, 3.05) is 0 Å². The molecule has 0 saturated carbocycles. The monoisotopic (exact) mass is 301 g/mol. The van der Waals surface area contributed by atoms with E-state index >= 15 is 0 Å². The third-order valence-electron chi connectivity index (χ3n) is 1.61. The minimum atomic E-state index is 0.713. The second-order valence-electron chi connectivity index (χ2n) is 2.52. The van der Waals surface area contributed by atoms with E-state index in [1.165, 1.54) is 0 Å². The zero-order valence-corrected chi connectivity index (χ0v) is 9.67. The molecular formula is C9H5Br2NO. The van der Waals surface area contributed by atoms with Crippen LogP contribution < -0.4 is 0 Å². The van der Waals surface area contributed by atoms with E-state index in [1.54, 1.807) is 0 Å². The largest absolute Gasteiger partial charge is 0.355 e. The number of benzene rings is 1. The smallest absolute Gasteiger partial charge is 0.168 e. The highest BCUT2D eigenvalue weighted by Gasteiger charge is 2.03. The lowest BCUT2D eigenvalue weighted by Crippen LogP contribution is -1.71. The Morgan fingerprint density at radius 2 is 1.77 bits per heavy atom. The summed E-state index contributed by atoms with van der Waals surface area (Å²) in [6, 6.07) is 9.70. The molecule has 1 aromatic heterocycles. The number of nitrogens with zero attached hydrogens (tertiary/aromatic N) is 1. The van der Waals surface area contributed by atoms with E-state index in [2.05, 4.69) is 37.0 Å². The molecule has 1 heterocycles. The zero-order chi connectivity index (χ0) is 9.26. The molecule has 0 amide bonds. The molecule has 0 atom stereocenters. The predicted octanol–water partition coefficient (Wildman–Crippen LogP) is 3.87. The van der Waals surface area contributed by atoms with Crippen LogP contribution in [0.4, 0.5) is 0 Å². The number of hydrogen-bond donors (Lipinski definition) is 0. The first-order chi connectivity index (χ1) is 6.25. The van der Waals surface area contributed by atoms with E-state index in [1.807, 2.05) is 30.3 Å². The van der Waals surface area contributed by atoms with Crippen molar-refractivity contribution in [1.82, 2.24) is 5.16 Å². The Morgan fingerprint density at radius 1 is 1.08 bits per heavy atom. The van der Waals surface area contributed by atoms with Crippen molar-refractivity contribution >= 4 is 31.9 Å². The van der Waals surface area contributed by atoms with Gasteiger partial charge in [-0.05, 0) is 28.1 Å².